The van der Waals surface area contributed by atoms with Crippen LogP contribution in [0, 0.1) is 0 Å². The SMILES string of the molecule is CCc1ccc(NCc2cccc(OCc3ccc(Cl)cc3Cl)c2)cc1. The Hall–Kier alpha value is -2.16. The Bertz CT molecular complexity index is 862. The highest BCUT2D eigenvalue weighted by atomic mass is 35.5. The number of aryl methyl sites for hydroxylation is 1. The quantitative estimate of drug-likeness (QED) is 0.485. The molecule has 0 saturated heterocycles. The highest BCUT2D eigenvalue weighted by Gasteiger charge is 2.03. The van der Waals surface area contributed by atoms with Gasteiger partial charge in [-0.15, -0.1) is 0 Å². The standard InChI is InChI=1S/C22H21Cl2NO/c1-2-16-6-10-20(11-7-16)25-14-17-4-3-5-21(12-17)26-15-18-8-9-19(23)13-22(18)24/h3-13,25H,2,14-15H2,1H3. The van der Waals surface area contributed by atoms with Crippen LogP contribution in [0.2, 0.25) is 10.0 Å². The van der Waals surface area contributed by atoms with Crippen LogP contribution in [-0.4, -0.2) is 0 Å². The van der Waals surface area contributed by atoms with Crippen molar-refractivity contribution in [2.45, 2.75) is 26.5 Å². The summed E-state index contributed by atoms with van der Waals surface area (Å²) in [5.74, 6) is 0.816. The van der Waals surface area contributed by atoms with Gasteiger partial charge in [0.1, 0.15) is 12.4 Å². The van der Waals surface area contributed by atoms with Gasteiger partial charge < -0.3 is 10.1 Å². The van der Waals surface area contributed by atoms with Crippen molar-refractivity contribution in [2.75, 3.05) is 5.32 Å². The summed E-state index contributed by atoms with van der Waals surface area (Å²) in [5.41, 5.74) is 4.52. The molecule has 0 amide bonds. The first kappa shape index (κ1) is 18.6. The molecule has 4 heteroatoms. The smallest absolute Gasteiger partial charge is 0.120 e. The van der Waals surface area contributed by atoms with Crippen molar-refractivity contribution in [2.24, 2.45) is 0 Å². The molecule has 134 valence electrons. The lowest BCUT2D eigenvalue weighted by molar-refractivity contribution is 0.306. The molecule has 0 spiro atoms. The maximum atomic E-state index is 6.19. The van der Waals surface area contributed by atoms with Crippen LogP contribution in [0.1, 0.15) is 23.6 Å². The third-order valence-electron chi connectivity index (χ3n) is 4.17. The van der Waals surface area contributed by atoms with E-state index in [9.17, 15) is 0 Å². The fraction of sp³-hybridized carbons (Fsp3) is 0.182. The van der Waals surface area contributed by atoms with Crippen LogP contribution < -0.4 is 10.1 Å². The first-order valence-corrected chi connectivity index (χ1v) is 9.38. The predicted molar refractivity (Wildman–Crippen MR) is 110 cm³/mol. The summed E-state index contributed by atoms with van der Waals surface area (Å²) >= 11 is 12.1. The summed E-state index contributed by atoms with van der Waals surface area (Å²) < 4.78 is 5.88. The average Bonchev–Trinajstić information content (AvgIpc) is 2.66. The highest BCUT2D eigenvalue weighted by Crippen LogP contribution is 2.23. The molecule has 26 heavy (non-hydrogen) atoms. The van der Waals surface area contributed by atoms with Gasteiger partial charge in [0.2, 0.25) is 0 Å². The van der Waals surface area contributed by atoms with Gasteiger partial charge in [-0.05, 0) is 53.9 Å². The summed E-state index contributed by atoms with van der Waals surface area (Å²) in [6, 6.07) is 22.0. The second kappa shape index (κ2) is 8.98. The summed E-state index contributed by atoms with van der Waals surface area (Å²) in [6.07, 6.45) is 1.05. The molecular formula is C22H21Cl2NO. The molecule has 0 heterocycles. The summed E-state index contributed by atoms with van der Waals surface area (Å²) in [4.78, 5) is 0. The number of hydrogen-bond acceptors (Lipinski definition) is 2. The molecule has 1 N–H and O–H groups in total. The van der Waals surface area contributed by atoms with E-state index >= 15 is 0 Å². The van der Waals surface area contributed by atoms with E-state index < -0.39 is 0 Å². The highest BCUT2D eigenvalue weighted by molar-refractivity contribution is 6.35. The minimum Gasteiger partial charge on any atom is -0.489 e. The molecule has 3 aromatic rings. The Kier molecular flexibility index (Phi) is 6.43. The maximum Gasteiger partial charge on any atom is 0.120 e. The van der Waals surface area contributed by atoms with E-state index in [0.717, 1.165) is 35.5 Å². The van der Waals surface area contributed by atoms with Gasteiger partial charge in [-0.25, -0.2) is 0 Å². The zero-order chi connectivity index (χ0) is 18.4. The third kappa shape index (κ3) is 5.17. The van der Waals surface area contributed by atoms with Gasteiger partial charge in [-0.3, -0.25) is 0 Å². The minimum absolute atomic E-state index is 0.408. The van der Waals surface area contributed by atoms with Gasteiger partial charge in [0.25, 0.3) is 0 Å². The number of benzene rings is 3. The van der Waals surface area contributed by atoms with E-state index in [1.807, 2.05) is 30.3 Å². The molecule has 0 aliphatic carbocycles. The second-order valence-corrected chi connectivity index (χ2v) is 6.92. The molecule has 0 aliphatic rings. The molecule has 0 bridgehead atoms. The Morgan fingerprint density at radius 2 is 1.69 bits per heavy atom. The Morgan fingerprint density at radius 1 is 0.885 bits per heavy atom. The average molecular weight is 386 g/mol. The number of ether oxygens (including phenoxy) is 1. The van der Waals surface area contributed by atoms with E-state index in [0.29, 0.717) is 16.7 Å². The molecule has 0 radical (unpaired) electrons. The Morgan fingerprint density at radius 3 is 2.42 bits per heavy atom. The van der Waals surface area contributed by atoms with E-state index in [-0.39, 0.29) is 0 Å². The van der Waals surface area contributed by atoms with Gasteiger partial charge in [0.05, 0.1) is 0 Å². The topological polar surface area (TPSA) is 21.3 Å². The van der Waals surface area contributed by atoms with Crippen LogP contribution in [0.25, 0.3) is 0 Å². The molecule has 0 aromatic heterocycles. The lowest BCUT2D eigenvalue weighted by Gasteiger charge is -2.11. The number of halogens is 2. The Balaban J connectivity index is 1.58. The van der Waals surface area contributed by atoms with Crippen LogP contribution in [0.4, 0.5) is 5.69 Å². The van der Waals surface area contributed by atoms with Crippen molar-refractivity contribution in [1.82, 2.24) is 0 Å². The van der Waals surface area contributed by atoms with Crippen molar-refractivity contribution in [3.05, 3.63) is 93.5 Å². The first-order valence-electron chi connectivity index (χ1n) is 8.62. The molecule has 0 fully saturated rings. The second-order valence-electron chi connectivity index (χ2n) is 6.08. The van der Waals surface area contributed by atoms with Gasteiger partial charge in [-0.1, -0.05) is 60.5 Å². The number of anilines is 1. The first-order chi connectivity index (χ1) is 12.6. The van der Waals surface area contributed by atoms with Crippen molar-refractivity contribution >= 4 is 28.9 Å². The summed E-state index contributed by atoms with van der Waals surface area (Å²) in [5, 5.41) is 4.68. The van der Waals surface area contributed by atoms with Crippen LogP contribution in [0.15, 0.2) is 66.7 Å². The zero-order valence-corrected chi connectivity index (χ0v) is 16.1. The summed E-state index contributed by atoms with van der Waals surface area (Å²) in [7, 11) is 0. The molecular weight excluding hydrogens is 365 g/mol. The third-order valence-corrected chi connectivity index (χ3v) is 4.75. The van der Waals surface area contributed by atoms with Gasteiger partial charge in [0, 0.05) is 27.8 Å². The van der Waals surface area contributed by atoms with E-state index in [4.69, 9.17) is 27.9 Å². The van der Waals surface area contributed by atoms with Crippen molar-refractivity contribution in [1.29, 1.82) is 0 Å². The van der Waals surface area contributed by atoms with Gasteiger partial charge >= 0.3 is 0 Å². The van der Waals surface area contributed by atoms with Crippen LogP contribution in [0.5, 0.6) is 5.75 Å². The van der Waals surface area contributed by atoms with E-state index in [2.05, 4.69) is 42.6 Å². The van der Waals surface area contributed by atoms with Crippen molar-refractivity contribution < 1.29 is 4.74 Å². The monoisotopic (exact) mass is 385 g/mol. The molecule has 0 saturated carbocycles. The van der Waals surface area contributed by atoms with Crippen LogP contribution >= 0.6 is 23.2 Å². The van der Waals surface area contributed by atoms with Crippen molar-refractivity contribution in [3.63, 3.8) is 0 Å². The lowest BCUT2D eigenvalue weighted by atomic mass is 10.1. The largest absolute Gasteiger partial charge is 0.489 e. The Labute approximate surface area is 164 Å². The minimum atomic E-state index is 0.408. The zero-order valence-electron chi connectivity index (χ0n) is 14.6. The number of hydrogen-bond donors (Lipinski definition) is 1. The van der Waals surface area contributed by atoms with Crippen LogP contribution in [0.3, 0.4) is 0 Å². The summed E-state index contributed by atoms with van der Waals surface area (Å²) in [6.45, 7) is 3.31. The molecule has 0 unspecified atom stereocenters. The fourth-order valence-corrected chi connectivity index (χ4v) is 3.07. The molecule has 3 rings (SSSR count). The van der Waals surface area contributed by atoms with Gasteiger partial charge in [0.15, 0.2) is 0 Å². The van der Waals surface area contributed by atoms with Gasteiger partial charge in [-0.2, -0.15) is 0 Å². The molecule has 3 aromatic carbocycles. The predicted octanol–water partition coefficient (Wildman–Crippen LogP) is 6.75. The number of nitrogens with one attached hydrogen (secondary N) is 1. The normalized spacial score (nSPS) is 10.6. The molecule has 0 atom stereocenters. The van der Waals surface area contributed by atoms with Crippen molar-refractivity contribution in [3.8, 4) is 5.75 Å². The number of rotatable bonds is 7. The lowest BCUT2D eigenvalue weighted by Crippen LogP contribution is -2.01. The molecule has 0 aliphatic heterocycles. The fourth-order valence-electron chi connectivity index (χ4n) is 2.61. The molecule has 2 nitrogen and oxygen atoms in total. The van der Waals surface area contributed by atoms with E-state index in [1.54, 1.807) is 6.07 Å². The van der Waals surface area contributed by atoms with Crippen LogP contribution in [-0.2, 0) is 19.6 Å². The maximum absolute atomic E-state index is 6.19. The van der Waals surface area contributed by atoms with E-state index in [1.165, 1.54) is 5.56 Å².